The Balaban J connectivity index is 2.00. The number of benzene rings is 1. The number of nitro groups is 1. The quantitative estimate of drug-likeness (QED) is 0.668. The first-order valence-corrected chi connectivity index (χ1v) is 6.69. The molecule has 1 aromatic rings. The van der Waals surface area contributed by atoms with E-state index in [1.807, 2.05) is 0 Å². The lowest BCUT2D eigenvalue weighted by Crippen LogP contribution is -2.36. The Bertz CT molecular complexity index is 553. The van der Waals surface area contributed by atoms with Gasteiger partial charge in [-0.15, -0.1) is 0 Å². The second kappa shape index (κ2) is 4.97. The smallest absolute Gasteiger partial charge is 0.295 e. The van der Waals surface area contributed by atoms with Crippen molar-refractivity contribution in [2.24, 2.45) is 0 Å². The summed E-state index contributed by atoms with van der Waals surface area (Å²) >= 11 is 0. The summed E-state index contributed by atoms with van der Waals surface area (Å²) < 4.78 is 27.5. The molecule has 20 heavy (non-hydrogen) atoms. The van der Waals surface area contributed by atoms with Crippen LogP contribution in [-0.2, 0) is 0 Å². The molecule has 0 aliphatic carbocycles. The number of nitro benzene ring substituents is 1. The van der Waals surface area contributed by atoms with Gasteiger partial charge < -0.3 is 10.2 Å². The van der Waals surface area contributed by atoms with Gasteiger partial charge in [0.1, 0.15) is 0 Å². The Morgan fingerprint density at radius 2 is 2.00 bits per heavy atom. The van der Waals surface area contributed by atoms with Gasteiger partial charge in [-0.05, 0) is 25.3 Å². The molecule has 2 saturated heterocycles. The molecule has 0 aromatic heterocycles. The zero-order chi connectivity index (χ0) is 14.3. The van der Waals surface area contributed by atoms with Gasteiger partial charge in [0.2, 0.25) is 0 Å². The third-order valence-electron chi connectivity index (χ3n) is 4.08. The van der Waals surface area contributed by atoms with Crippen LogP contribution in [0.4, 0.5) is 20.2 Å². The topological polar surface area (TPSA) is 58.4 Å². The molecule has 0 amide bonds. The highest BCUT2D eigenvalue weighted by Gasteiger charge is 2.34. The lowest BCUT2D eigenvalue weighted by Gasteiger charge is -2.26. The van der Waals surface area contributed by atoms with Crippen molar-refractivity contribution in [3.63, 3.8) is 0 Å². The Morgan fingerprint density at radius 3 is 2.75 bits per heavy atom. The van der Waals surface area contributed by atoms with E-state index < -0.39 is 16.6 Å². The molecule has 2 heterocycles. The van der Waals surface area contributed by atoms with Gasteiger partial charge in [-0.3, -0.25) is 10.1 Å². The van der Waals surface area contributed by atoms with Crippen LogP contribution in [0.1, 0.15) is 19.3 Å². The molecule has 2 aliphatic heterocycles. The van der Waals surface area contributed by atoms with Crippen molar-refractivity contribution >= 4 is 11.4 Å². The standard InChI is InChI=1S/C13H15F2N3O2/c14-10-3-4-11(18(19)20)13(12(10)15)17-6-5-8-1-2-9(7-17)16-8/h3-4,8-9,16H,1-2,5-7H2. The number of nitrogens with zero attached hydrogens (tertiary/aromatic N) is 2. The summed E-state index contributed by atoms with van der Waals surface area (Å²) in [6, 6.07) is 2.40. The van der Waals surface area contributed by atoms with Crippen LogP contribution >= 0.6 is 0 Å². The number of nitrogens with one attached hydrogen (secondary N) is 1. The third-order valence-corrected chi connectivity index (χ3v) is 4.08. The first kappa shape index (κ1) is 13.2. The van der Waals surface area contributed by atoms with E-state index in [-0.39, 0.29) is 17.4 Å². The van der Waals surface area contributed by atoms with Crippen LogP contribution in [0.2, 0.25) is 0 Å². The SMILES string of the molecule is O=[N+]([O-])c1ccc(F)c(F)c1N1CCC2CCC(C1)N2. The highest BCUT2D eigenvalue weighted by molar-refractivity contribution is 5.64. The lowest BCUT2D eigenvalue weighted by molar-refractivity contribution is -0.384. The maximum atomic E-state index is 14.0. The number of hydrogen-bond acceptors (Lipinski definition) is 4. The first-order valence-electron chi connectivity index (χ1n) is 6.69. The average molecular weight is 283 g/mol. The van der Waals surface area contributed by atoms with Gasteiger partial charge in [0.15, 0.2) is 17.3 Å². The third kappa shape index (κ3) is 2.22. The molecule has 1 N–H and O–H groups in total. The monoisotopic (exact) mass is 283 g/mol. The first-order chi connectivity index (χ1) is 9.56. The normalized spacial score (nSPS) is 25.6. The molecule has 2 bridgehead atoms. The summed E-state index contributed by atoms with van der Waals surface area (Å²) in [5.41, 5.74) is -0.592. The van der Waals surface area contributed by atoms with Crippen LogP contribution in [0.15, 0.2) is 12.1 Å². The van der Waals surface area contributed by atoms with Crippen molar-refractivity contribution in [3.8, 4) is 0 Å². The molecule has 108 valence electrons. The Labute approximate surface area is 114 Å². The molecule has 0 spiro atoms. The predicted octanol–water partition coefficient (Wildman–Crippen LogP) is 2.20. The minimum absolute atomic E-state index is 0.185. The van der Waals surface area contributed by atoms with Crippen molar-refractivity contribution in [2.45, 2.75) is 31.3 Å². The maximum absolute atomic E-state index is 14.0. The highest BCUT2D eigenvalue weighted by Crippen LogP contribution is 2.35. The summed E-state index contributed by atoms with van der Waals surface area (Å²) in [6.45, 7) is 0.965. The van der Waals surface area contributed by atoms with Crippen molar-refractivity contribution < 1.29 is 13.7 Å². The molecule has 0 saturated carbocycles. The zero-order valence-electron chi connectivity index (χ0n) is 10.8. The van der Waals surface area contributed by atoms with Gasteiger partial charge in [-0.1, -0.05) is 0 Å². The lowest BCUT2D eigenvalue weighted by atomic mass is 10.1. The molecule has 2 fully saturated rings. The summed E-state index contributed by atoms with van der Waals surface area (Å²) in [7, 11) is 0. The van der Waals surface area contributed by atoms with Crippen LogP contribution in [0.3, 0.4) is 0 Å². The number of fused-ring (bicyclic) bond motifs is 2. The van der Waals surface area contributed by atoms with Crippen molar-refractivity contribution in [2.75, 3.05) is 18.0 Å². The zero-order valence-corrected chi connectivity index (χ0v) is 10.8. The summed E-state index contributed by atoms with van der Waals surface area (Å²) in [4.78, 5) is 12.0. The van der Waals surface area contributed by atoms with Crippen LogP contribution < -0.4 is 10.2 Å². The van der Waals surface area contributed by atoms with Gasteiger partial charge in [-0.25, -0.2) is 8.78 Å². The Morgan fingerprint density at radius 1 is 1.25 bits per heavy atom. The van der Waals surface area contributed by atoms with E-state index in [0.29, 0.717) is 19.1 Å². The molecule has 2 atom stereocenters. The summed E-state index contributed by atoms with van der Waals surface area (Å²) in [5.74, 6) is -2.18. The number of anilines is 1. The van der Waals surface area contributed by atoms with E-state index in [9.17, 15) is 18.9 Å². The second-order valence-corrected chi connectivity index (χ2v) is 5.36. The van der Waals surface area contributed by atoms with E-state index in [1.165, 1.54) is 0 Å². The molecule has 0 radical (unpaired) electrons. The molecular formula is C13H15F2N3O2. The van der Waals surface area contributed by atoms with Gasteiger partial charge in [-0.2, -0.15) is 0 Å². The molecule has 5 nitrogen and oxygen atoms in total. The summed E-state index contributed by atoms with van der Waals surface area (Å²) in [5, 5.41) is 14.5. The molecule has 2 aliphatic rings. The van der Waals surface area contributed by atoms with E-state index in [4.69, 9.17) is 0 Å². The van der Waals surface area contributed by atoms with E-state index in [1.54, 1.807) is 4.90 Å². The fraction of sp³-hybridized carbons (Fsp3) is 0.538. The molecular weight excluding hydrogens is 268 g/mol. The fourth-order valence-electron chi connectivity index (χ4n) is 3.12. The minimum atomic E-state index is -1.13. The van der Waals surface area contributed by atoms with Crippen LogP contribution in [0.5, 0.6) is 0 Å². The molecule has 2 unspecified atom stereocenters. The molecule has 3 rings (SSSR count). The molecule has 7 heteroatoms. The van der Waals surface area contributed by atoms with Crippen molar-refractivity contribution in [1.82, 2.24) is 5.32 Å². The Kier molecular flexibility index (Phi) is 3.29. The van der Waals surface area contributed by atoms with E-state index in [2.05, 4.69) is 5.32 Å². The van der Waals surface area contributed by atoms with E-state index >= 15 is 0 Å². The van der Waals surface area contributed by atoms with Crippen LogP contribution in [0.25, 0.3) is 0 Å². The van der Waals surface area contributed by atoms with Crippen LogP contribution in [-0.4, -0.2) is 30.1 Å². The average Bonchev–Trinajstić information content (AvgIpc) is 2.73. The second-order valence-electron chi connectivity index (χ2n) is 5.36. The maximum Gasteiger partial charge on any atom is 0.295 e. The van der Waals surface area contributed by atoms with Gasteiger partial charge in [0.05, 0.1) is 4.92 Å². The van der Waals surface area contributed by atoms with Crippen LogP contribution in [0, 0.1) is 21.7 Å². The number of rotatable bonds is 2. The molecule has 1 aromatic carbocycles. The van der Waals surface area contributed by atoms with Gasteiger partial charge in [0, 0.05) is 31.2 Å². The highest BCUT2D eigenvalue weighted by atomic mass is 19.2. The van der Waals surface area contributed by atoms with Gasteiger partial charge >= 0.3 is 0 Å². The predicted molar refractivity (Wildman–Crippen MR) is 69.8 cm³/mol. The number of halogens is 2. The van der Waals surface area contributed by atoms with E-state index in [0.717, 1.165) is 31.4 Å². The summed E-state index contributed by atoms with van der Waals surface area (Å²) in [6.07, 6.45) is 2.82. The Hall–Kier alpha value is -1.76. The largest absolute Gasteiger partial charge is 0.362 e. The number of hydrogen-bond donors (Lipinski definition) is 1. The fourth-order valence-corrected chi connectivity index (χ4v) is 3.12. The minimum Gasteiger partial charge on any atom is -0.362 e. The van der Waals surface area contributed by atoms with Crippen molar-refractivity contribution in [3.05, 3.63) is 33.9 Å². The van der Waals surface area contributed by atoms with Gasteiger partial charge in [0.25, 0.3) is 5.69 Å². The van der Waals surface area contributed by atoms with Crippen molar-refractivity contribution in [1.29, 1.82) is 0 Å².